The van der Waals surface area contributed by atoms with Crippen molar-refractivity contribution in [3.05, 3.63) is 28.2 Å². The summed E-state index contributed by atoms with van der Waals surface area (Å²) in [6.45, 7) is 0.645. The smallest absolute Gasteiger partial charge is 0.307 e. The first-order valence-corrected chi connectivity index (χ1v) is 7.75. The number of esters is 1. The number of benzene rings is 1. The van der Waals surface area contributed by atoms with Crippen LogP contribution < -0.4 is 5.73 Å². The minimum Gasteiger partial charge on any atom is -0.469 e. The first-order chi connectivity index (χ1) is 10.0. The molecule has 2 rings (SSSR count). The molecule has 0 bridgehead atoms. The van der Waals surface area contributed by atoms with Gasteiger partial charge in [0.25, 0.3) is 5.91 Å². The Kier molecular flexibility index (Phi) is 5.22. The Balaban J connectivity index is 2.22. The Morgan fingerprint density at radius 3 is 2.90 bits per heavy atom. The third-order valence-electron chi connectivity index (χ3n) is 3.76. The number of halogens is 1. The summed E-state index contributed by atoms with van der Waals surface area (Å²) in [5.41, 5.74) is 6.83. The number of amides is 1. The third-order valence-corrected chi connectivity index (χ3v) is 4.26. The molecule has 2 N–H and O–H groups in total. The van der Waals surface area contributed by atoms with Gasteiger partial charge in [0, 0.05) is 22.7 Å². The molecule has 5 nitrogen and oxygen atoms in total. The van der Waals surface area contributed by atoms with E-state index < -0.39 is 0 Å². The molecular weight excluding hydrogens is 336 g/mol. The van der Waals surface area contributed by atoms with Gasteiger partial charge in [0.15, 0.2) is 0 Å². The van der Waals surface area contributed by atoms with Gasteiger partial charge in [-0.25, -0.2) is 0 Å². The molecule has 0 saturated carbocycles. The number of nitrogen functional groups attached to an aromatic ring is 1. The van der Waals surface area contributed by atoms with E-state index >= 15 is 0 Å². The highest BCUT2D eigenvalue weighted by Gasteiger charge is 2.30. The average Bonchev–Trinajstić information content (AvgIpc) is 2.49. The van der Waals surface area contributed by atoms with Gasteiger partial charge in [-0.1, -0.05) is 15.9 Å². The maximum Gasteiger partial charge on any atom is 0.307 e. The molecule has 0 radical (unpaired) electrons. The molecule has 1 aliphatic heterocycles. The van der Waals surface area contributed by atoms with Crippen LogP contribution in [0.15, 0.2) is 22.7 Å². The number of methoxy groups -OCH3 is 1. The van der Waals surface area contributed by atoms with Gasteiger partial charge in [0.1, 0.15) is 0 Å². The van der Waals surface area contributed by atoms with Crippen molar-refractivity contribution in [1.82, 2.24) is 4.90 Å². The predicted octanol–water partition coefficient (Wildman–Crippen LogP) is 2.59. The van der Waals surface area contributed by atoms with Crippen molar-refractivity contribution in [3.63, 3.8) is 0 Å². The van der Waals surface area contributed by atoms with Crippen LogP contribution >= 0.6 is 15.9 Å². The number of piperidine rings is 1. The largest absolute Gasteiger partial charge is 0.469 e. The predicted molar refractivity (Wildman–Crippen MR) is 83.9 cm³/mol. The molecule has 1 aromatic carbocycles. The van der Waals surface area contributed by atoms with E-state index in [1.165, 1.54) is 7.11 Å². The van der Waals surface area contributed by atoms with E-state index in [9.17, 15) is 9.59 Å². The van der Waals surface area contributed by atoms with E-state index in [1.54, 1.807) is 23.1 Å². The molecule has 1 aromatic rings. The molecule has 1 amide bonds. The van der Waals surface area contributed by atoms with Gasteiger partial charge >= 0.3 is 5.97 Å². The highest BCUT2D eigenvalue weighted by Crippen LogP contribution is 2.26. The topological polar surface area (TPSA) is 72.6 Å². The van der Waals surface area contributed by atoms with Crippen LogP contribution in [0.5, 0.6) is 0 Å². The molecule has 0 aliphatic carbocycles. The van der Waals surface area contributed by atoms with E-state index in [4.69, 9.17) is 10.5 Å². The van der Waals surface area contributed by atoms with E-state index in [1.807, 2.05) is 0 Å². The van der Waals surface area contributed by atoms with E-state index in [0.717, 1.165) is 23.7 Å². The van der Waals surface area contributed by atoms with Gasteiger partial charge in [-0.05, 0) is 37.5 Å². The second kappa shape index (κ2) is 6.93. The Morgan fingerprint density at radius 2 is 2.19 bits per heavy atom. The minimum atomic E-state index is -0.290. The van der Waals surface area contributed by atoms with Crippen LogP contribution in [-0.2, 0) is 9.53 Å². The zero-order valence-corrected chi connectivity index (χ0v) is 13.6. The van der Waals surface area contributed by atoms with Crippen LogP contribution in [0.2, 0.25) is 0 Å². The van der Waals surface area contributed by atoms with Crippen molar-refractivity contribution >= 4 is 33.5 Å². The van der Waals surface area contributed by atoms with Crippen molar-refractivity contribution in [2.24, 2.45) is 0 Å². The number of nitrogens with two attached hydrogens (primary N) is 1. The number of carbonyl (C=O) groups is 2. The van der Waals surface area contributed by atoms with Gasteiger partial charge in [-0.15, -0.1) is 0 Å². The van der Waals surface area contributed by atoms with Crippen LogP contribution in [0.4, 0.5) is 5.69 Å². The van der Waals surface area contributed by atoms with Crippen molar-refractivity contribution in [2.45, 2.75) is 31.7 Å². The first-order valence-electron chi connectivity index (χ1n) is 6.95. The molecule has 0 spiro atoms. The normalized spacial score (nSPS) is 18.4. The molecular formula is C15H19BrN2O3. The van der Waals surface area contributed by atoms with E-state index in [-0.39, 0.29) is 24.3 Å². The van der Waals surface area contributed by atoms with Crippen LogP contribution in [0.3, 0.4) is 0 Å². The summed E-state index contributed by atoms with van der Waals surface area (Å²) in [6.07, 6.45) is 3.00. The second-order valence-electron chi connectivity index (χ2n) is 5.16. The Morgan fingerprint density at radius 1 is 1.43 bits per heavy atom. The van der Waals surface area contributed by atoms with Crippen molar-refractivity contribution in [3.8, 4) is 0 Å². The number of ether oxygens (including phenoxy) is 1. The summed E-state index contributed by atoms with van der Waals surface area (Å²) in [5.74, 6) is -0.413. The third kappa shape index (κ3) is 3.75. The van der Waals surface area contributed by atoms with Crippen LogP contribution in [0.25, 0.3) is 0 Å². The number of hydrogen-bond acceptors (Lipinski definition) is 4. The SMILES string of the molecule is COC(=O)CC1CCCCN1C(=O)c1cc(Br)ccc1N. The molecule has 21 heavy (non-hydrogen) atoms. The molecule has 1 unspecified atom stereocenters. The monoisotopic (exact) mass is 354 g/mol. The van der Waals surface area contributed by atoms with Crippen molar-refractivity contribution in [2.75, 3.05) is 19.4 Å². The first kappa shape index (κ1) is 15.8. The van der Waals surface area contributed by atoms with Gasteiger partial charge < -0.3 is 15.4 Å². The number of anilines is 1. The maximum absolute atomic E-state index is 12.7. The molecule has 1 aliphatic rings. The summed E-state index contributed by atoms with van der Waals surface area (Å²) in [7, 11) is 1.36. The van der Waals surface area contributed by atoms with Crippen molar-refractivity contribution in [1.29, 1.82) is 0 Å². The van der Waals surface area contributed by atoms with Gasteiger partial charge in [0.2, 0.25) is 0 Å². The number of hydrogen-bond donors (Lipinski definition) is 1. The van der Waals surface area contributed by atoms with Crippen molar-refractivity contribution < 1.29 is 14.3 Å². The lowest BCUT2D eigenvalue weighted by Crippen LogP contribution is -2.45. The van der Waals surface area contributed by atoms with E-state index in [2.05, 4.69) is 15.9 Å². The highest BCUT2D eigenvalue weighted by atomic mass is 79.9. The number of likely N-dealkylation sites (tertiary alicyclic amines) is 1. The lowest BCUT2D eigenvalue weighted by molar-refractivity contribution is -0.142. The number of carbonyl (C=O) groups excluding carboxylic acids is 2. The minimum absolute atomic E-state index is 0.114. The standard InChI is InChI=1S/C15H19BrN2O3/c1-21-14(19)9-11-4-2-3-7-18(11)15(20)12-8-10(16)5-6-13(12)17/h5-6,8,11H,2-4,7,9,17H2,1H3. The van der Waals surface area contributed by atoms with E-state index in [0.29, 0.717) is 17.8 Å². The molecule has 6 heteroatoms. The fourth-order valence-corrected chi connectivity index (χ4v) is 2.99. The van der Waals surface area contributed by atoms with Crippen LogP contribution in [0, 0.1) is 0 Å². The second-order valence-corrected chi connectivity index (χ2v) is 6.08. The lowest BCUT2D eigenvalue weighted by Gasteiger charge is -2.35. The molecule has 1 atom stereocenters. The molecule has 1 saturated heterocycles. The fraction of sp³-hybridized carbons (Fsp3) is 0.467. The maximum atomic E-state index is 12.7. The zero-order valence-electron chi connectivity index (χ0n) is 12.0. The fourth-order valence-electron chi connectivity index (χ4n) is 2.62. The Labute approximate surface area is 132 Å². The summed E-state index contributed by atoms with van der Waals surface area (Å²) in [6, 6.07) is 5.11. The zero-order chi connectivity index (χ0) is 15.4. The Bertz CT molecular complexity index is 548. The number of rotatable bonds is 3. The molecule has 114 valence electrons. The summed E-state index contributed by atoms with van der Waals surface area (Å²) in [4.78, 5) is 26.0. The quantitative estimate of drug-likeness (QED) is 0.668. The molecule has 1 heterocycles. The Hall–Kier alpha value is -1.56. The highest BCUT2D eigenvalue weighted by molar-refractivity contribution is 9.10. The molecule has 0 aromatic heterocycles. The van der Waals surface area contributed by atoms with Crippen LogP contribution in [0.1, 0.15) is 36.0 Å². The summed E-state index contributed by atoms with van der Waals surface area (Å²) < 4.78 is 5.53. The average molecular weight is 355 g/mol. The lowest BCUT2D eigenvalue weighted by atomic mass is 9.98. The number of nitrogens with zero attached hydrogens (tertiary/aromatic N) is 1. The van der Waals surface area contributed by atoms with Crippen LogP contribution in [-0.4, -0.2) is 36.5 Å². The molecule has 1 fully saturated rings. The summed E-state index contributed by atoms with van der Waals surface area (Å²) >= 11 is 3.35. The van der Waals surface area contributed by atoms with Gasteiger partial charge in [-0.3, -0.25) is 9.59 Å². The summed E-state index contributed by atoms with van der Waals surface area (Å²) in [5, 5.41) is 0. The van der Waals surface area contributed by atoms with Gasteiger partial charge in [0.05, 0.1) is 19.1 Å². The van der Waals surface area contributed by atoms with Gasteiger partial charge in [-0.2, -0.15) is 0 Å².